The van der Waals surface area contributed by atoms with Crippen molar-refractivity contribution in [3.8, 4) is 12.8 Å². The molecule has 1 aromatic heterocycles. The smallest absolute Gasteiger partial charge is 0.391 e. The molecule has 6 nitrogen and oxygen atoms in total. The first-order valence-corrected chi connectivity index (χ1v) is 12.2. The lowest BCUT2D eigenvalue weighted by atomic mass is 9.98. The summed E-state index contributed by atoms with van der Waals surface area (Å²) in [6.07, 6.45) is 9.35. The summed E-state index contributed by atoms with van der Waals surface area (Å²) < 4.78 is 43.3. The van der Waals surface area contributed by atoms with E-state index in [0.717, 1.165) is 38.1 Å². The summed E-state index contributed by atoms with van der Waals surface area (Å²) in [6.45, 7) is 10.0. The molecule has 9 heteroatoms. The van der Waals surface area contributed by atoms with Gasteiger partial charge in [0, 0.05) is 50.0 Å². The van der Waals surface area contributed by atoms with Crippen molar-refractivity contribution in [2.24, 2.45) is 11.7 Å². The van der Waals surface area contributed by atoms with Gasteiger partial charge in [0.1, 0.15) is 0 Å². The number of aromatic nitrogens is 1. The van der Waals surface area contributed by atoms with E-state index in [0.29, 0.717) is 37.3 Å². The first kappa shape index (κ1) is 32.8. The summed E-state index contributed by atoms with van der Waals surface area (Å²) >= 11 is 0. The first-order valence-electron chi connectivity index (χ1n) is 12.2. The summed E-state index contributed by atoms with van der Waals surface area (Å²) in [4.78, 5) is 18.0. The molecule has 0 aliphatic carbocycles. The van der Waals surface area contributed by atoms with Crippen molar-refractivity contribution >= 4 is 5.91 Å². The highest BCUT2D eigenvalue weighted by Gasteiger charge is 2.33. The van der Waals surface area contributed by atoms with E-state index in [-0.39, 0.29) is 30.5 Å². The summed E-state index contributed by atoms with van der Waals surface area (Å²) in [5.74, 6) is -0.213. The van der Waals surface area contributed by atoms with Crippen LogP contribution in [0.1, 0.15) is 76.6 Å². The molecule has 3 rings (SSSR count). The maximum Gasteiger partial charge on any atom is 0.417 e. The predicted molar refractivity (Wildman–Crippen MR) is 132 cm³/mol. The predicted octanol–water partition coefficient (Wildman–Crippen LogP) is 4.57. The van der Waals surface area contributed by atoms with Crippen molar-refractivity contribution in [3.05, 3.63) is 29.1 Å². The lowest BCUT2D eigenvalue weighted by Crippen LogP contribution is -2.39. The highest BCUT2D eigenvalue weighted by molar-refractivity contribution is 5.78. The van der Waals surface area contributed by atoms with E-state index in [2.05, 4.69) is 31.7 Å². The van der Waals surface area contributed by atoms with E-state index < -0.39 is 11.7 Å². The van der Waals surface area contributed by atoms with Gasteiger partial charge in [-0.1, -0.05) is 27.2 Å². The lowest BCUT2D eigenvalue weighted by molar-refractivity contribution is -0.137. The van der Waals surface area contributed by atoms with Crippen LogP contribution in [-0.2, 0) is 28.7 Å². The van der Waals surface area contributed by atoms with Gasteiger partial charge in [-0.2, -0.15) is 13.2 Å². The van der Waals surface area contributed by atoms with Crippen LogP contribution in [0.5, 0.6) is 0 Å². The van der Waals surface area contributed by atoms with Crippen LogP contribution in [0.4, 0.5) is 13.2 Å². The van der Waals surface area contributed by atoms with Crippen LogP contribution in [0.3, 0.4) is 0 Å². The molecule has 3 N–H and O–H groups in total. The van der Waals surface area contributed by atoms with Gasteiger partial charge in [-0.3, -0.25) is 9.78 Å². The number of nitrogens with two attached hydrogens (primary N) is 1. The Morgan fingerprint density at radius 3 is 2.40 bits per heavy atom. The van der Waals surface area contributed by atoms with E-state index in [1.807, 2.05) is 13.8 Å². The largest absolute Gasteiger partial charge is 0.417 e. The lowest BCUT2D eigenvalue weighted by Gasteiger charge is -2.31. The number of hydrogen-bond acceptors (Lipinski definition) is 5. The normalized spacial score (nSPS) is 18.7. The SMILES string of the molecule is C#C.CCC.C[C@H](N)CC[C@@H](C)C(=O)N1CCc2ncc(C(F)(F)F)cc2C1.O[C@H]1CCCOC1. The molecule has 2 aliphatic rings. The monoisotopic (exact) mass is 501 g/mol. The third kappa shape index (κ3) is 12.9. The average Bonchev–Trinajstić information content (AvgIpc) is 2.83. The minimum atomic E-state index is -4.42. The van der Waals surface area contributed by atoms with Crippen molar-refractivity contribution in [2.75, 3.05) is 19.8 Å². The van der Waals surface area contributed by atoms with Gasteiger partial charge in [-0.05, 0) is 44.2 Å². The number of aliphatic hydroxyl groups excluding tert-OH is 1. The molecule has 35 heavy (non-hydrogen) atoms. The molecule has 200 valence electrons. The van der Waals surface area contributed by atoms with E-state index >= 15 is 0 Å². The molecule has 3 atom stereocenters. The van der Waals surface area contributed by atoms with Crippen molar-refractivity contribution < 1.29 is 27.8 Å². The highest BCUT2D eigenvalue weighted by atomic mass is 19.4. The Kier molecular flexibility index (Phi) is 16.2. The summed E-state index contributed by atoms with van der Waals surface area (Å²) in [7, 11) is 0. The molecule has 0 unspecified atom stereocenters. The van der Waals surface area contributed by atoms with Gasteiger partial charge < -0.3 is 20.5 Å². The zero-order valence-corrected chi connectivity index (χ0v) is 21.5. The number of amides is 1. The Morgan fingerprint density at radius 1 is 1.31 bits per heavy atom. The Balaban J connectivity index is 0.000000797. The zero-order valence-electron chi connectivity index (χ0n) is 21.5. The number of carbonyl (C=O) groups excluding carboxylic acids is 1. The number of hydrogen-bond donors (Lipinski definition) is 2. The van der Waals surface area contributed by atoms with Gasteiger partial charge in [0.2, 0.25) is 5.91 Å². The third-order valence-electron chi connectivity index (χ3n) is 5.29. The molecule has 0 saturated carbocycles. The molecule has 0 spiro atoms. The molecule has 2 aliphatic heterocycles. The van der Waals surface area contributed by atoms with Crippen LogP contribution in [0.25, 0.3) is 0 Å². The molecular formula is C26H42F3N3O3. The molecule has 1 saturated heterocycles. The molecule has 0 aromatic carbocycles. The summed E-state index contributed by atoms with van der Waals surface area (Å²) in [5, 5.41) is 8.78. The van der Waals surface area contributed by atoms with E-state index in [9.17, 15) is 18.0 Å². The second-order valence-corrected chi connectivity index (χ2v) is 8.87. The van der Waals surface area contributed by atoms with Gasteiger partial charge >= 0.3 is 6.18 Å². The zero-order chi connectivity index (χ0) is 27.0. The minimum Gasteiger partial charge on any atom is -0.391 e. The van der Waals surface area contributed by atoms with E-state index in [1.54, 1.807) is 4.90 Å². The maximum absolute atomic E-state index is 12.8. The molecule has 1 aromatic rings. The third-order valence-corrected chi connectivity index (χ3v) is 5.29. The van der Waals surface area contributed by atoms with Crippen LogP contribution in [-0.4, -0.2) is 52.8 Å². The van der Waals surface area contributed by atoms with Crippen molar-refractivity contribution in [2.45, 2.75) is 91.1 Å². The Morgan fingerprint density at radius 2 is 1.94 bits per heavy atom. The van der Waals surface area contributed by atoms with Crippen LogP contribution >= 0.6 is 0 Å². The first-order chi connectivity index (χ1) is 16.5. The fraction of sp³-hybridized carbons (Fsp3) is 0.692. The standard InChI is InChI=1S/C16H22F3N3O.C5H10O2.C3H8.C2H2/c1-10(3-4-11(2)20)15(23)22-6-5-14-12(9-22)7-13(8-21-14)16(17,18)19;6-5-2-1-3-7-4-5;1-3-2;1-2/h7-8,10-11H,3-6,9,20H2,1-2H3;5-6H,1-4H2;3H2,1-2H3;1-2H/t10-,11+;5-;;/m10../s1. The topological polar surface area (TPSA) is 88.7 Å². The number of aliphatic hydroxyl groups is 1. The Bertz CT molecular complexity index is 748. The number of ether oxygens (including phenoxy) is 1. The molecule has 0 bridgehead atoms. The maximum atomic E-state index is 12.8. The fourth-order valence-corrected chi connectivity index (χ4v) is 3.44. The number of nitrogens with zero attached hydrogens (tertiary/aromatic N) is 2. The van der Waals surface area contributed by atoms with Gasteiger partial charge in [0.25, 0.3) is 0 Å². The Labute approximate surface area is 208 Å². The minimum absolute atomic E-state index is 0.0332. The number of halogens is 3. The molecule has 0 radical (unpaired) electrons. The number of fused-ring (bicyclic) bond motifs is 1. The van der Waals surface area contributed by atoms with Crippen molar-refractivity contribution in [3.63, 3.8) is 0 Å². The van der Waals surface area contributed by atoms with Crippen LogP contribution < -0.4 is 5.73 Å². The second kappa shape index (κ2) is 17.3. The fourth-order valence-electron chi connectivity index (χ4n) is 3.44. The number of carbonyl (C=O) groups is 1. The molecule has 3 heterocycles. The van der Waals surface area contributed by atoms with Crippen molar-refractivity contribution in [1.29, 1.82) is 0 Å². The summed E-state index contributed by atoms with van der Waals surface area (Å²) in [5.41, 5.74) is 6.06. The van der Waals surface area contributed by atoms with E-state index in [1.165, 1.54) is 6.42 Å². The molecule has 1 amide bonds. The molecule has 1 fully saturated rings. The Hall–Kier alpha value is -2.15. The van der Waals surface area contributed by atoms with Gasteiger partial charge in [-0.15, -0.1) is 12.8 Å². The highest BCUT2D eigenvalue weighted by Crippen LogP contribution is 2.31. The number of pyridine rings is 1. The second-order valence-electron chi connectivity index (χ2n) is 8.87. The van der Waals surface area contributed by atoms with E-state index in [4.69, 9.17) is 15.6 Å². The van der Waals surface area contributed by atoms with Gasteiger partial charge in [0.05, 0.1) is 18.3 Å². The molecular weight excluding hydrogens is 459 g/mol. The average molecular weight is 502 g/mol. The van der Waals surface area contributed by atoms with Crippen LogP contribution in [0, 0.1) is 18.8 Å². The number of rotatable bonds is 4. The van der Waals surface area contributed by atoms with Gasteiger partial charge in [-0.25, -0.2) is 0 Å². The summed E-state index contributed by atoms with van der Waals surface area (Å²) in [6, 6.07) is 1.14. The van der Waals surface area contributed by atoms with Crippen LogP contribution in [0.2, 0.25) is 0 Å². The van der Waals surface area contributed by atoms with Gasteiger partial charge in [0.15, 0.2) is 0 Å². The van der Waals surface area contributed by atoms with Crippen molar-refractivity contribution in [1.82, 2.24) is 9.88 Å². The van der Waals surface area contributed by atoms with Crippen LogP contribution in [0.15, 0.2) is 12.3 Å². The quantitative estimate of drug-likeness (QED) is 0.590. The number of alkyl halides is 3. The number of terminal acetylenes is 1.